The second kappa shape index (κ2) is 6.65. The summed E-state index contributed by atoms with van der Waals surface area (Å²) in [7, 11) is -3.20. The molecule has 0 amide bonds. The summed E-state index contributed by atoms with van der Waals surface area (Å²) in [5, 5.41) is 7.83. The van der Waals surface area contributed by atoms with Crippen LogP contribution in [-0.2, 0) is 29.7 Å². The Morgan fingerprint density at radius 2 is 2.00 bits per heavy atom. The lowest BCUT2D eigenvalue weighted by atomic mass is 10.3. The van der Waals surface area contributed by atoms with E-state index in [1.165, 1.54) is 10.6 Å². The first-order chi connectivity index (χ1) is 12.5. The molecule has 1 aliphatic heterocycles. The fourth-order valence-corrected chi connectivity index (χ4v) is 3.91. The highest BCUT2D eigenvalue weighted by atomic mass is 32.2. The van der Waals surface area contributed by atoms with Gasteiger partial charge in [0.1, 0.15) is 5.82 Å². The maximum absolute atomic E-state index is 11.8. The monoisotopic (exact) mass is 372 g/mol. The van der Waals surface area contributed by atoms with Crippen molar-refractivity contribution in [3.05, 3.63) is 47.9 Å². The zero-order chi connectivity index (χ0) is 18.1. The largest absolute Gasteiger partial charge is 0.363 e. The molecular weight excluding hydrogens is 352 g/mol. The van der Waals surface area contributed by atoms with Crippen LogP contribution in [0.25, 0.3) is 11.0 Å². The molecule has 3 aromatic rings. The molecule has 8 nitrogen and oxygen atoms in total. The third-order valence-electron chi connectivity index (χ3n) is 4.40. The fraction of sp³-hybridized carbons (Fsp3) is 0.353. The molecule has 0 aliphatic carbocycles. The molecule has 1 aliphatic rings. The Hall–Kier alpha value is -2.52. The summed E-state index contributed by atoms with van der Waals surface area (Å²) in [6.45, 7) is 2.12. The highest BCUT2D eigenvalue weighted by Crippen LogP contribution is 2.17. The van der Waals surface area contributed by atoms with Crippen LogP contribution < -0.4 is 5.32 Å². The minimum atomic E-state index is -3.20. The summed E-state index contributed by atoms with van der Waals surface area (Å²) < 4.78 is 27.1. The number of aryl methyl sites for hydroxylation is 1. The Kier molecular flexibility index (Phi) is 4.33. The minimum Gasteiger partial charge on any atom is -0.363 e. The molecule has 9 heteroatoms. The molecule has 0 saturated heterocycles. The van der Waals surface area contributed by atoms with Gasteiger partial charge in [0.05, 0.1) is 48.0 Å². The predicted molar refractivity (Wildman–Crippen MR) is 99.0 cm³/mol. The average Bonchev–Trinajstić information content (AvgIpc) is 2.88. The lowest BCUT2D eigenvalue weighted by molar-refractivity contribution is 0.414. The molecule has 0 unspecified atom stereocenters. The highest BCUT2D eigenvalue weighted by molar-refractivity contribution is 7.88. The molecule has 136 valence electrons. The van der Waals surface area contributed by atoms with Gasteiger partial charge in [-0.15, -0.1) is 0 Å². The summed E-state index contributed by atoms with van der Waals surface area (Å²) in [5.74, 6) is 0.685. The van der Waals surface area contributed by atoms with Crippen LogP contribution in [-0.4, -0.2) is 45.3 Å². The quantitative estimate of drug-likeness (QED) is 0.748. The molecule has 0 spiro atoms. The van der Waals surface area contributed by atoms with Crippen molar-refractivity contribution in [3.8, 4) is 0 Å². The first-order valence-electron chi connectivity index (χ1n) is 8.45. The number of rotatable bonds is 4. The normalized spacial score (nSPS) is 15.6. The molecular formula is C17H20N6O2S. The van der Waals surface area contributed by atoms with Crippen LogP contribution in [0.4, 0.5) is 5.82 Å². The van der Waals surface area contributed by atoms with Gasteiger partial charge in [0.15, 0.2) is 0 Å². The summed E-state index contributed by atoms with van der Waals surface area (Å²) in [5.41, 5.74) is 3.45. The van der Waals surface area contributed by atoms with Crippen molar-refractivity contribution in [2.75, 3.05) is 18.1 Å². The van der Waals surface area contributed by atoms with Crippen LogP contribution in [0.15, 0.2) is 36.5 Å². The molecule has 0 radical (unpaired) electrons. The second-order valence-electron chi connectivity index (χ2n) is 6.40. The fourth-order valence-electron chi connectivity index (χ4n) is 3.09. The van der Waals surface area contributed by atoms with Gasteiger partial charge in [-0.1, -0.05) is 12.1 Å². The lowest BCUT2D eigenvalue weighted by Crippen LogP contribution is -2.29. The van der Waals surface area contributed by atoms with Crippen molar-refractivity contribution in [2.45, 2.75) is 26.1 Å². The van der Waals surface area contributed by atoms with Crippen LogP contribution in [0.2, 0.25) is 0 Å². The van der Waals surface area contributed by atoms with Crippen molar-refractivity contribution >= 4 is 26.9 Å². The van der Waals surface area contributed by atoms with E-state index in [4.69, 9.17) is 0 Å². The van der Waals surface area contributed by atoms with Crippen molar-refractivity contribution in [2.24, 2.45) is 0 Å². The number of benzene rings is 1. The Morgan fingerprint density at radius 3 is 2.81 bits per heavy atom. The lowest BCUT2D eigenvalue weighted by Gasteiger charge is -2.16. The van der Waals surface area contributed by atoms with Crippen LogP contribution in [0.1, 0.15) is 17.8 Å². The van der Waals surface area contributed by atoms with E-state index >= 15 is 0 Å². The van der Waals surface area contributed by atoms with Gasteiger partial charge in [-0.25, -0.2) is 13.4 Å². The zero-order valence-electron chi connectivity index (χ0n) is 14.5. The van der Waals surface area contributed by atoms with Crippen LogP contribution in [0, 0.1) is 0 Å². The van der Waals surface area contributed by atoms with Gasteiger partial charge in [-0.05, 0) is 24.6 Å². The van der Waals surface area contributed by atoms with Gasteiger partial charge < -0.3 is 5.32 Å². The van der Waals surface area contributed by atoms with Gasteiger partial charge in [-0.2, -0.15) is 9.40 Å². The predicted octanol–water partition coefficient (Wildman–Crippen LogP) is 1.60. The summed E-state index contributed by atoms with van der Waals surface area (Å²) in [4.78, 5) is 8.92. The summed E-state index contributed by atoms with van der Waals surface area (Å²) >= 11 is 0. The number of anilines is 1. The number of para-hydroxylation sites is 2. The SMILES string of the molecule is CS(=O)(=O)N1CCCn2nc(CNc3cnc4ccccc4n3)cc2C1. The molecule has 0 fully saturated rings. The van der Waals surface area contributed by atoms with E-state index in [0.29, 0.717) is 25.5 Å². The van der Waals surface area contributed by atoms with Crippen molar-refractivity contribution in [3.63, 3.8) is 0 Å². The average molecular weight is 372 g/mol. The number of nitrogens with zero attached hydrogens (tertiary/aromatic N) is 5. The van der Waals surface area contributed by atoms with E-state index in [2.05, 4.69) is 20.4 Å². The summed E-state index contributed by atoms with van der Waals surface area (Å²) in [6.07, 6.45) is 3.71. The Labute approximate surface area is 151 Å². The maximum Gasteiger partial charge on any atom is 0.211 e. The van der Waals surface area contributed by atoms with Gasteiger partial charge in [0.2, 0.25) is 10.0 Å². The van der Waals surface area contributed by atoms with Crippen molar-refractivity contribution in [1.29, 1.82) is 0 Å². The molecule has 0 saturated carbocycles. The van der Waals surface area contributed by atoms with E-state index in [9.17, 15) is 8.42 Å². The molecule has 1 N–H and O–H groups in total. The van der Waals surface area contributed by atoms with Crippen LogP contribution >= 0.6 is 0 Å². The Balaban J connectivity index is 1.49. The number of hydrogen-bond acceptors (Lipinski definition) is 6. The van der Waals surface area contributed by atoms with E-state index in [1.807, 2.05) is 35.0 Å². The molecule has 2 aromatic heterocycles. The second-order valence-corrected chi connectivity index (χ2v) is 8.38. The van der Waals surface area contributed by atoms with Crippen LogP contribution in [0.5, 0.6) is 0 Å². The number of hydrogen-bond donors (Lipinski definition) is 1. The number of fused-ring (bicyclic) bond motifs is 2. The number of sulfonamides is 1. The Bertz CT molecular complexity index is 1050. The van der Waals surface area contributed by atoms with E-state index in [-0.39, 0.29) is 0 Å². The Morgan fingerprint density at radius 1 is 1.19 bits per heavy atom. The first kappa shape index (κ1) is 16.9. The third kappa shape index (κ3) is 3.54. The number of aromatic nitrogens is 4. The van der Waals surface area contributed by atoms with Crippen molar-refractivity contribution < 1.29 is 8.42 Å². The smallest absolute Gasteiger partial charge is 0.211 e. The molecule has 0 atom stereocenters. The molecule has 1 aromatic carbocycles. The summed E-state index contributed by atoms with van der Waals surface area (Å²) in [6, 6.07) is 9.66. The standard InChI is InChI=1S/C17H20N6O2S/c1-26(24,25)22-7-4-8-23-14(12-22)9-13(21-23)10-19-17-11-18-15-5-2-3-6-16(15)20-17/h2-3,5-6,9,11H,4,7-8,10,12H2,1H3,(H,19,20). The molecule has 0 bridgehead atoms. The van der Waals surface area contributed by atoms with Gasteiger partial charge >= 0.3 is 0 Å². The minimum absolute atomic E-state index is 0.363. The van der Waals surface area contributed by atoms with E-state index in [1.54, 1.807) is 6.20 Å². The number of nitrogens with one attached hydrogen (secondary N) is 1. The van der Waals surface area contributed by atoms with E-state index < -0.39 is 10.0 Å². The van der Waals surface area contributed by atoms with Gasteiger partial charge in [-0.3, -0.25) is 9.67 Å². The maximum atomic E-state index is 11.8. The highest BCUT2D eigenvalue weighted by Gasteiger charge is 2.22. The molecule has 3 heterocycles. The van der Waals surface area contributed by atoms with Crippen molar-refractivity contribution in [1.82, 2.24) is 24.1 Å². The van der Waals surface area contributed by atoms with Crippen LogP contribution in [0.3, 0.4) is 0 Å². The van der Waals surface area contributed by atoms with Gasteiger partial charge in [0.25, 0.3) is 0 Å². The third-order valence-corrected chi connectivity index (χ3v) is 5.65. The van der Waals surface area contributed by atoms with E-state index in [0.717, 1.165) is 35.4 Å². The topological polar surface area (TPSA) is 93.0 Å². The molecule has 4 rings (SSSR count). The van der Waals surface area contributed by atoms with Gasteiger partial charge in [0, 0.05) is 13.1 Å². The zero-order valence-corrected chi connectivity index (χ0v) is 15.3. The molecule has 26 heavy (non-hydrogen) atoms. The first-order valence-corrected chi connectivity index (χ1v) is 10.3.